The average molecular weight is 268 g/mol. The average Bonchev–Trinajstić information content (AvgIpc) is 3.07. The summed E-state index contributed by atoms with van der Waals surface area (Å²) in [5, 5.41) is 17.1. The molecule has 2 aromatic rings. The largest absolute Gasteiger partial charge is 0.271 e. The van der Waals surface area contributed by atoms with Gasteiger partial charge in [-0.25, -0.2) is 4.68 Å². The Labute approximate surface area is 115 Å². The molecule has 1 aromatic heterocycles. The number of hydrogen-bond donors (Lipinski definition) is 0. The van der Waals surface area contributed by atoms with Crippen LogP contribution < -0.4 is 5.01 Å². The van der Waals surface area contributed by atoms with Crippen LogP contribution >= 0.6 is 0 Å². The molecule has 0 N–H and O–H groups in total. The molecule has 100 valence electrons. The highest BCUT2D eigenvalue weighted by Crippen LogP contribution is 2.22. The van der Waals surface area contributed by atoms with Crippen LogP contribution in [-0.2, 0) is 4.79 Å². The van der Waals surface area contributed by atoms with Crippen molar-refractivity contribution in [3.63, 3.8) is 0 Å². The number of para-hydroxylation sites is 1. The lowest BCUT2D eigenvalue weighted by atomic mass is 10.1. The highest BCUT2D eigenvalue weighted by molar-refractivity contribution is 6.23. The van der Waals surface area contributed by atoms with E-state index >= 15 is 0 Å². The van der Waals surface area contributed by atoms with Crippen molar-refractivity contribution in [2.24, 2.45) is 16.1 Å². The second-order valence-electron chi connectivity index (χ2n) is 4.31. The summed E-state index contributed by atoms with van der Waals surface area (Å²) >= 11 is 0. The summed E-state index contributed by atoms with van der Waals surface area (Å²) in [6.07, 6.45) is 4.46. The number of rotatable bonds is 3. The Morgan fingerprint density at radius 2 is 1.90 bits per heavy atom. The molecule has 1 aromatic carbocycles. The fourth-order valence-corrected chi connectivity index (χ4v) is 1.90. The summed E-state index contributed by atoms with van der Waals surface area (Å²) in [6, 6.07) is 9.31. The number of carbonyl (C=O) groups is 1. The summed E-state index contributed by atoms with van der Waals surface area (Å²) in [5.74, 6) is -0.580. The second kappa shape index (κ2) is 5.04. The van der Waals surface area contributed by atoms with Crippen LogP contribution in [0.3, 0.4) is 0 Å². The van der Waals surface area contributed by atoms with Crippen molar-refractivity contribution in [2.75, 3.05) is 5.01 Å². The van der Waals surface area contributed by atoms with Gasteiger partial charge in [-0.15, -0.1) is 10.2 Å². The smallest absolute Gasteiger partial charge is 0.261 e. The van der Waals surface area contributed by atoms with Gasteiger partial charge < -0.3 is 0 Å². The number of hydrazone groups is 1. The Morgan fingerprint density at radius 3 is 2.60 bits per heavy atom. The van der Waals surface area contributed by atoms with E-state index in [1.165, 1.54) is 22.3 Å². The lowest BCUT2D eigenvalue weighted by molar-refractivity contribution is -0.118. The molecule has 1 atom stereocenters. The highest BCUT2D eigenvalue weighted by atomic mass is 16.2. The van der Waals surface area contributed by atoms with E-state index in [9.17, 15) is 4.79 Å². The van der Waals surface area contributed by atoms with Crippen LogP contribution in [0.5, 0.6) is 0 Å². The lowest BCUT2D eigenvalue weighted by Gasteiger charge is -2.12. The minimum atomic E-state index is -0.461. The van der Waals surface area contributed by atoms with Gasteiger partial charge in [-0.3, -0.25) is 4.79 Å². The third-order valence-corrected chi connectivity index (χ3v) is 2.94. The van der Waals surface area contributed by atoms with E-state index < -0.39 is 5.92 Å². The summed E-state index contributed by atoms with van der Waals surface area (Å²) in [6.45, 7) is 1.81. The van der Waals surface area contributed by atoms with Crippen LogP contribution in [0.1, 0.15) is 6.92 Å². The molecular formula is C13H12N6O. The van der Waals surface area contributed by atoms with E-state index in [4.69, 9.17) is 0 Å². The quantitative estimate of drug-likeness (QED) is 0.783. The number of amides is 1. The molecule has 1 aliphatic rings. The first kappa shape index (κ1) is 12.2. The molecule has 0 aliphatic carbocycles. The first-order chi connectivity index (χ1) is 9.75. The minimum Gasteiger partial charge on any atom is -0.271 e. The van der Waals surface area contributed by atoms with Crippen LogP contribution in [0.25, 0.3) is 0 Å². The van der Waals surface area contributed by atoms with E-state index in [1.54, 1.807) is 6.21 Å². The zero-order valence-electron chi connectivity index (χ0n) is 10.8. The predicted octanol–water partition coefficient (Wildman–Crippen LogP) is 1.15. The summed E-state index contributed by atoms with van der Waals surface area (Å²) < 4.78 is 1.44. The number of nitrogens with zero attached hydrogens (tertiary/aromatic N) is 6. The van der Waals surface area contributed by atoms with Crippen LogP contribution in [0.4, 0.5) is 5.69 Å². The Morgan fingerprint density at radius 1 is 1.20 bits per heavy atom. The van der Waals surface area contributed by atoms with Crippen LogP contribution in [-0.4, -0.2) is 32.7 Å². The maximum atomic E-state index is 12.4. The molecule has 0 saturated carbocycles. The third kappa shape index (κ3) is 2.20. The maximum absolute atomic E-state index is 12.4. The van der Waals surface area contributed by atoms with Gasteiger partial charge >= 0.3 is 0 Å². The number of carbonyl (C=O) groups excluding carboxylic acids is 1. The molecule has 1 unspecified atom stereocenters. The highest BCUT2D eigenvalue weighted by Gasteiger charge is 2.33. The Kier molecular flexibility index (Phi) is 3.08. The zero-order chi connectivity index (χ0) is 13.9. The summed E-state index contributed by atoms with van der Waals surface area (Å²) in [7, 11) is 0. The molecule has 1 amide bonds. The van der Waals surface area contributed by atoms with Gasteiger partial charge in [0.25, 0.3) is 5.91 Å². The van der Waals surface area contributed by atoms with Gasteiger partial charge in [-0.1, -0.05) is 18.2 Å². The van der Waals surface area contributed by atoms with E-state index in [2.05, 4.69) is 20.4 Å². The van der Waals surface area contributed by atoms with E-state index in [0.29, 0.717) is 5.71 Å². The van der Waals surface area contributed by atoms with Crippen molar-refractivity contribution in [1.29, 1.82) is 0 Å². The number of hydrogen-bond acceptors (Lipinski definition) is 5. The van der Waals surface area contributed by atoms with Gasteiger partial charge in [0.15, 0.2) is 0 Å². The fourth-order valence-electron chi connectivity index (χ4n) is 1.90. The number of aromatic nitrogens is 3. The molecule has 1 aliphatic heterocycles. The molecule has 0 bridgehead atoms. The van der Waals surface area contributed by atoms with Crippen molar-refractivity contribution in [3.8, 4) is 0 Å². The normalized spacial score (nSPS) is 18.9. The van der Waals surface area contributed by atoms with Gasteiger partial charge in [0.1, 0.15) is 18.6 Å². The lowest BCUT2D eigenvalue weighted by Crippen LogP contribution is -2.28. The molecule has 0 saturated heterocycles. The first-order valence-corrected chi connectivity index (χ1v) is 6.09. The minimum absolute atomic E-state index is 0.120. The van der Waals surface area contributed by atoms with Crippen molar-refractivity contribution < 1.29 is 4.79 Å². The SMILES string of the molecule is CC1=NN(c2ccccc2)C(=O)C1/C=N/n1cnnc1. The molecule has 20 heavy (non-hydrogen) atoms. The van der Waals surface area contributed by atoms with Gasteiger partial charge in [0.2, 0.25) is 0 Å². The topological polar surface area (TPSA) is 75.7 Å². The molecular weight excluding hydrogens is 256 g/mol. The molecule has 2 heterocycles. The Hall–Kier alpha value is -2.83. The first-order valence-electron chi connectivity index (χ1n) is 6.09. The molecule has 7 heteroatoms. The van der Waals surface area contributed by atoms with Crippen molar-refractivity contribution in [2.45, 2.75) is 6.92 Å². The van der Waals surface area contributed by atoms with E-state index in [0.717, 1.165) is 5.69 Å². The number of benzene rings is 1. The molecule has 0 fully saturated rings. The van der Waals surface area contributed by atoms with E-state index in [1.807, 2.05) is 37.3 Å². The molecule has 3 rings (SSSR count). The summed E-state index contributed by atoms with van der Waals surface area (Å²) in [4.78, 5) is 12.4. The third-order valence-electron chi connectivity index (χ3n) is 2.94. The number of anilines is 1. The van der Waals surface area contributed by atoms with Crippen LogP contribution in [0, 0.1) is 5.92 Å². The van der Waals surface area contributed by atoms with E-state index in [-0.39, 0.29) is 5.91 Å². The van der Waals surface area contributed by atoms with Crippen molar-refractivity contribution >= 4 is 23.5 Å². The Balaban J connectivity index is 1.82. The monoisotopic (exact) mass is 268 g/mol. The summed E-state index contributed by atoms with van der Waals surface area (Å²) in [5.41, 5.74) is 1.45. The van der Waals surface area contributed by atoms with Crippen molar-refractivity contribution in [3.05, 3.63) is 43.0 Å². The van der Waals surface area contributed by atoms with Gasteiger partial charge in [-0.2, -0.15) is 15.2 Å². The van der Waals surface area contributed by atoms with Gasteiger partial charge in [0.05, 0.1) is 11.4 Å². The molecule has 0 radical (unpaired) electrons. The van der Waals surface area contributed by atoms with Gasteiger partial charge in [0, 0.05) is 6.21 Å². The standard InChI is InChI=1S/C13H12N6O/c1-10-12(7-16-18-8-14-15-9-18)13(20)19(17-10)11-5-3-2-4-6-11/h2-9,12H,1H3/b16-7+. The van der Waals surface area contributed by atoms with Crippen LogP contribution in [0.15, 0.2) is 53.2 Å². The van der Waals surface area contributed by atoms with Crippen LogP contribution in [0.2, 0.25) is 0 Å². The maximum Gasteiger partial charge on any atom is 0.261 e. The zero-order valence-corrected chi connectivity index (χ0v) is 10.8. The Bertz CT molecular complexity index is 661. The second-order valence-corrected chi connectivity index (χ2v) is 4.31. The predicted molar refractivity (Wildman–Crippen MR) is 74.4 cm³/mol. The molecule has 7 nitrogen and oxygen atoms in total. The van der Waals surface area contributed by atoms with Crippen molar-refractivity contribution in [1.82, 2.24) is 14.9 Å². The molecule has 0 spiro atoms. The van der Waals surface area contributed by atoms with Gasteiger partial charge in [-0.05, 0) is 19.1 Å². The fraction of sp³-hybridized carbons (Fsp3) is 0.154.